The molecule has 4 amide bonds. The van der Waals surface area contributed by atoms with E-state index >= 15 is 0 Å². The van der Waals surface area contributed by atoms with Crippen LogP contribution in [-0.2, 0) is 27.5 Å². The lowest BCUT2D eigenvalue weighted by atomic mass is 10.1. The highest BCUT2D eigenvalue weighted by molar-refractivity contribution is 6.01. The van der Waals surface area contributed by atoms with E-state index in [-0.39, 0.29) is 30.3 Å². The summed E-state index contributed by atoms with van der Waals surface area (Å²) < 4.78 is 5.84. The largest absolute Gasteiger partial charge is 0.493 e. The average molecular weight is 576 g/mol. The van der Waals surface area contributed by atoms with E-state index in [1.807, 2.05) is 12.1 Å². The highest BCUT2D eigenvalue weighted by Crippen LogP contribution is 2.21. The molecule has 3 aliphatic rings. The smallest absolute Gasteiger partial charge is 0.255 e. The van der Waals surface area contributed by atoms with Gasteiger partial charge in [-0.25, -0.2) is 0 Å². The Hall–Kier alpha value is -3.92. The Kier molecular flexibility index (Phi) is 10.1. The van der Waals surface area contributed by atoms with Gasteiger partial charge in [-0.15, -0.1) is 0 Å². The summed E-state index contributed by atoms with van der Waals surface area (Å²) in [6.07, 6.45) is 5.36. The summed E-state index contributed by atoms with van der Waals surface area (Å²) in [5, 5.41) is 8.57. The number of fused-ring (bicyclic) bond motifs is 2. The molecule has 5 rings (SSSR count). The number of carbonyl (C=O) groups is 4. The van der Waals surface area contributed by atoms with Crippen LogP contribution in [0.15, 0.2) is 48.5 Å². The van der Waals surface area contributed by atoms with Crippen molar-refractivity contribution in [2.75, 3.05) is 32.8 Å². The zero-order valence-corrected chi connectivity index (χ0v) is 24.1. The predicted molar refractivity (Wildman–Crippen MR) is 158 cm³/mol. The van der Waals surface area contributed by atoms with Gasteiger partial charge in [0.25, 0.3) is 5.91 Å². The van der Waals surface area contributed by atoms with Crippen LogP contribution >= 0.6 is 0 Å². The van der Waals surface area contributed by atoms with Crippen molar-refractivity contribution in [2.24, 2.45) is 0 Å². The lowest BCUT2D eigenvalue weighted by Gasteiger charge is -2.26. The minimum absolute atomic E-state index is 0.204. The molecule has 0 aliphatic carbocycles. The first-order valence-corrected chi connectivity index (χ1v) is 15.2. The van der Waals surface area contributed by atoms with E-state index in [0.717, 1.165) is 25.2 Å². The number of carbonyl (C=O) groups excluding carboxylic acids is 4. The lowest BCUT2D eigenvalue weighted by molar-refractivity contribution is -0.140. The van der Waals surface area contributed by atoms with Crippen LogP contribution in [0.3, 0.4) is 0 Å². The number of ether oxygens (including phenoxy) is 1. The third-order valence-corrected chi connectivity index (χ3v) is 8.23. The van der Waals surface area contributed by atoms with Crippen molar-refractivity contribution in [1.82, 2.24) is 25.8 Å². The molecular formula is C32H41N5O5. The summed E-state index contributed by atoms with van der Waals surface area (Å²) in [6, 6.07) is 13.3. The Morgan fingerprint density at radius 2 is 1.67 bits per heavy atom. The van der Waals surface area contributed by atoms with Gasteiger partial charge in [0, 0.05) is 26.2 Å². The third kappa shape index (κ3) is 7.67. The van der Waals surface area contributed by atoms with E-state index in [0.29, 0.717) is 44.7 Å². The van der Waals surface area contributed by atoms with Crippen LogP contribution < -0.4 is 20.7 Å². The van der Waals surface area contributed by atoms with Crippen LogP contribution in [-0.4, -0.2) is 78.3 Å². The third-order valence-electron chi connectivity index (χ3n) is 8.23. The summed E-state index contributed by atoms with van der Waals surface area (Å²) in [5.74, 6) is -1.12. The summed E-state index contributed by atoms with van der Waals surface area (Å²) in [5.41, 5.74) is 2.44. The van der Waals surface area contributed by atoms with Gasteiger partial charge in [0.05, 0.1) is 18.6 Å². The van der Waals surface area contributed by atoms with Crippen LogP contribution in [0.25, 0.3) is 0 Å². The second-order valence-corrected chi connectivity index (χ2v) is 11.3. The molecule has 2 aromatic rings. The summed E-state index contributed by atoms with van der Waals surface area (Å²) in [7, 11) is 0. The van der Waals surface area contributed by atoms with Gasteiger partial charge in [-0.05, 0) is 68.5 Å². The zero-order chi connectivity index (χ0) is 29.3. The number of rotatable bonds is 5. The topological polar surface area (TPSA) is 120 Å². The Bertz CT molecular complexity index is 1260. The molecule has 2 aromatic carbocycles. The molecule has 10 nitrogen and oxygen atoms in total. The van der Waals surface area contributed by atoms with Crippen LogP contribution in [0.4, 0.5) is 0 Å². The fourth-order valence-corrected chi connectivity index (χ4v) is 5.89. The second-order valence-electron chi connectivity index (χ2n) is 11.3. The van der Waals surface area contributed by atoms with E-state index < -0.39 is 23.9 Å². The van der Waals surface area contributed by atoms with Gasteiger partial charge < -0.3 is 25.6 Å². The fraction of sp³-hybridized carbons (Fsp3) is 0.500. The summed E-state index contributed by atoms with van der Waals surface area (Å²) in [4.78, 5) is 57.0. The van der Waals surface area contributed by atoms with Gasteiger partial charge in [-0.3, -0.25) is 24.1 Å². The first kappa shape index (κ1) is 29.6. The lowest BCUT2D eigenvalue weighted by Crippen LogP contribution is -2.51. The van der Waals surface area contributed by atoms with E-state index in [4.69, 9.17) is 4.74 Å². The van der Waals surface area contributed by atoms with E-state index in [1.54, 1.807) is 24.3 Å². The maximum atomic E-state index is 13.4. The van der Waals surface area contributed by atoms with Crippen LogP contribution in [0.5, 0.6) is 5.75 Å². The van der Waals surface area contributed by atoms with E-state index in [1.165, 1.54) is 29.7 Å². The SMILES string of the molecule is O=C1N[C@H](C(=O)NCc2ccc(CN3CCCCC3)cc2)CC(=O)N2CCC[C@H]2C(=O)NCCCOc2ccccc21. The molecule has 224 valence electrons. The van der Waals surface area contributed by atoms with Crippen LogP contribution in [0, 0.1) is 0 Å². The molecule has 0 spiro atoms. The fourth-order valence-electron chi connectivity index (χ4n) is 5.89. The molecule has 3 N–H and O–H groups in total. The first-order valence-electron chi connectivity index (χ1n) is 15.2. The number of piperidine rings is 1. The first-order chi connectivity index (χ1) is 20.5. The molecule has 3 aliphatic heterocycles. The number of nitrogens with zero attached hydrogens (tertiary/aromatic N) is 2. The monoisotopic (exact) mass is 575 g/mol. The molecule has 0 unspecified atom stereocenters. The second kappa shape index (κ2) is 14.3. The molecule has 0 bridgehead atoms. The number of hydrogen-bond donors (Lipinski definition) is 3. The van der Waals surface area contributed by atoms with Crippen molar-refractivity contribution in [3.05, 3.63) is 65.2 Å². The normalized spacial score (nSPS) is 22.5. The van der Waals surface area contributed by atoms with Gasteiger partial charge in [-0.2, -0.15) is 0 Å². The molecule has 0 radical (unpaired) electrons. The number of para-hydroxylation sites is 1. The quantitative estimate of drug-likeness (QED) is 0.504. The van der Waals surface area contributed by atoms with Gasteiger partial charge in [0.15, 0.2) is 0 Å². The van der Waals surface area contributed by atoms with Gasteiger partial charge >= 0.3 is 0 Å². The molecule has 2 atom stereocenters. The molecule has 0 saturated carbocycles. The van der Waals surface area contributed by atoms with Crippen LogP contribution in [0.2, 0.25) is 0 Å². The molecule has 3 heterocycles. The van der Waals surface area contributed by atoms with Crippen molar-refractivity contribution in [3.8, 4) is 5.75 Å². The van der Waals surface area contributed by atoms with Crippen molar-refractivity contribution in [3.63, 3.8) is 0 Å². The van der Waals surface area contributed by atoms with Gasteiger partial charge in [-0.1, -0.05) is 42.8 Å². The Morgan fingerprint density at radius 1 is 0.905 bits per heavy atom. The summed E-state index contributed by atoms with van der Waals surface area (Å²) in [6.45, 7) is 4.58. The minimum Gasteiger partial charge on any atom is -0.493 e. The maximum absolute atomic E-state index is 13.4. The average Bonchev–Trinajstić information content (AvgIpc) is 3.51. The number of likely N-dealkylation sites (tertiary alicyclic amines) is 1. The van der Waals surface area contributed by atoms with Crippen molar-refractivity contribution < 1.29 is 23.9 Å². The molecule has 2 fully saturated rings. The van der Waals surface area contributed by atoms with Crippen LogP contribution in [0.1, 0.15) is 66.4 Å². The predicted octanol–water partition coefficient (Wildman–Crippen LogP) is 2.37. The van der Waals surface area contributed by atoms with Crippen molar-refractivity contribution in [2.45, 2.75) is 70.1 Å². The summed E-state index contributed by atoms with van der Waals surface area (Å²) >= 11 is 0. The number of hydrogen-bond acceptors (Lipinski definition) is 6. The minimum atomic E-state index is -1.12. The van der Waals surface area contributed by atoms with Gasteiger partial charge in [0.1, 0.15) is 17.8 Å². The number of benzene rings is 2. The van der Waals surface area contributed by atoms with E-state index in [2.05, 4.69) is 33.0 Å². The molecular weight excluding hydrogens is 534 g/mol. The molecule has 0 aromatic heterocycles. The Balaban J connectivity index is 1.28. The Labute approximate surface area is 247 Å². The van der Waals surface area contributed by atoms with Gasteiger partial charge in [0.2, 0.25) is 17.7 Å². The van der Waals surface area contributed by atoms with Crippen molar-refractivity contribution >= 4 is 23.6 Å². The maximum Gasteiger partial charge on any atom is 0.255 e. The number of nitrogens with one attached hydrogen (secondary N) is 3. The molecule has 2 saturated heterocycles. The standard InChI is InChI=1S/C32H41N5O5/c38-29-20-26(31(40)34-21-23-11-13-24(14-12-23)22-36-16-4-1-5-17-36)35-30(39)25-8-2-3-10-28(25)42-19-7-15-33-32(41)27-9-6-18-37(27)29/h2-3,8,10-14,26-27H,1,4-7,9,15-22H2,(H,33,41)(H,34,40)(H,35,39)/t26-,27-/m0/s1. The highest BCUT2D eigenvalue weighted by atomic mass is 16.5. The van der Waals surface area contributed by atoms with E-state index in [9.17, 15) is 19.2 Å². The Morgan fingerprint density at radius 3 is 2.48 bits per heavy atom. The zero-order valence-electron chi connectivity index (χ0n) is 24.1. The van der Waals surface area contributed by atoms with Crippen molar-refractivity contribution in [1.29, 1.82) is 0 Å². The molecule has 42 heavy (non-hydrogen) atoms. The number of amides is 4. The highest BCUT2D eigenvalue weighted by Gasteiger charge is 2.36. The molecule has 10 heteroatoms.